The fraction of sp³-hybridized carbons (Fsp3) is 0.500. The zero-order chi connectivity index (χ0) is 18.7. The first kappa shape index (κ1) is 20.6. The fourth-order valence-corrected chi connectivity index (χ4v) is 2.30. The van der Waals surface area contributed by atoms with Crippen LogP contribution in [0, 0.1) is 11.8 Å². The van der Waals surface area contributed by atoms with Gasteiger partial charge in [0.2, 0.25) is 17.7 Å². The molecule has 4 N–H and O–H groups in total. The molecule has 1 unspecified atom stereocenters. The van der Waals surface area contributed by atoms with Gasteiger partial charge in [0.1, 0.15) is 0 Å². The van der Waals surface area contributed by atoms with Gasteiger partial charge in [0.05, 0.1) is 12.5 Å². The van der Waals surface area contributed by atoms with Gasteiger partial charge in [-0.05, 0) is 24.3 Å². The number of nitrogens with one attached hydrogen (secondary N) is 3. The zero-order valence-corrected chi connectivity index (χ0v) is 14.7. The molecule has 0 heterocycles. The summed E-state index contributed by atoms with van der Waals surface area (Å²) in [6.07, 6.45) is 1.05. The first-order chi connectivity index (χ1) is 11.9. The number of rotatable bonds is 10. The summed E-state index contributed by atoms with van der Waals surface area (Å²) in [7, 11) is 0. The van der Waals surface area contributed by atoms with Crippen LogP contribution in [-0.4, -0.2) is 36.0 Å². The van der Waals surface area contributed by atoms with Crippen LogP contribution in [0.4, 0.5) is 0 Å². The van der Waals surface area contributed by atoms with Gasteiger partial charge in [-0.15, -0.1) is 0 Å². The maximum Gasteiger partial charge on any atom is 0.244 e. The Kier molecular flexibility index (Phi) is 9.24. The normalized spacial score (nSPS) is 11.7. The Morgan fingerprint density at radius 3 is 2.32 bits per heavy atom. The molecule has 0 aliphatic heterocycles. The van der Waals surface area contributed by atoms with E-state index in [9.17, 15) is 14.4 Å². The van der Waals surface area contributed by atoms with Crippen LogP contribution in [0.15, 0.2) is 30.3 Å². The lowest BCUT2D eigenvalue weighted by Crippen LogP contribution is -2.41. The van der Waals surface area contributed by atoms with Gasteiger partial charge >= 0.3 is 0 Å². The summed E-state index contributed by atoms with van der Waals surface area (Å²) in [5, 5.41) is 14.0. The lowest BCUT2D eigenvalue weighted by Gasteiger charge is -2.16. The molecule has 0 bridgehead atoms. The number of amides is 3. The van der Waals surface area contributed by atoms with E-state index >= 15 is 0 Å². The van der Waals surface area contributed by atoms with Crippen LogP contribution < -0.4 is 16.1 Å². The van der Waals surface area contributed by atoms with Crippen LogP contribution in [0.1, 0.15) is 32.3 Å². The van der Waals surface area contributed by atoms with E-state index in [1.54, 1.807) is 5.48 Å². The van der Waals surface area contributed by atoms with Crippen LogP contribution in [0.2, 0.25) is 0 Å². The number of carbonyl (C=O) groups is 3. The molecule has 7 nitrogen and oxygen atoms in total. The second-order valence-electron chi connectivity index (χ2n) is 6.38. The molecular weight excluding hydrogens is 322 g/mol. The lowest BCUT2D eigenvalue weighted by molar-refractivity contribution is -0.135. The fourth-order valence-electron chi connectivity index (χ4n) is 2.30. The molecule has 0 radical (unpaired) electrons. The Morgan fingerprint density at radius 1 is 1.04 bits per heavy atom. The highest BCUT2D eigenvalue weighted by atomic mass is 16.5. The quantitative estimate of drug-likeness (QED) is 0.374. The minimum atomic E-state index is -0.669. The van der Waals surface area contributed by atoms with Crippen molar-refractivity contribution in [2.24, 2.45) is 11.8 Å². The lowest BCUT2D eigenvalue weighted by atomic mass is 9.95. The van der Waals surface area contributed by atoms with Crippen LogP contribution in [-0.2, 0) is 20.8 Å². The number of benzene rings is 1. The molecule has 0 aliphatic rings. The first-order valence-corrected chi connectivity index (χ1v) is 8.43. The number of carbonyl (C=O) groups excluding carboxylic acids is 3. The molecule has 1 rings (SSSR count). The molecule has 1 atom stereocenters. The molecule has 0 aliphatic carbocycles. The van der Waals surface area contributed by atoms with E-state index in [2.05, 4.69) is 24.5 Å². The maximum atomic E-state index is 12.3. The van der Waals surface area contributed by atoms with E-state index in [1.165, 1.54) is 0 Å². The SMILES string of the molecule is CC(C)CCNC(=O)CNC(=O)C(CC(=O)NO)Cc1ccccc1. The van der Waals surface area contributed by atoms with Crippen molar-refractivity contribution in [2.75, 3.05) is 13.1 Å². The van der Waals surface area contributed by atoms with Gasteiger partial charge in [-0.1, -0.05) is 44.2 Å². The van der Waals surface area contributed by atoms with Crippen LogP contribution in [0.3, 0.4) is 0 Å². The van der Waals surface area contributed by atoms with Gasteiger partial charge in [0.15, 0.2) is 0 Å². The molecule has 3 amide bonds. The van der Waals surface area contributed by atoms with Crippen molar-refractivity contribution in [1.82, 2.24) is 16.1 Å². The highest BCUT2D eigenvalue weighted by Gasteiger charge is 2.22. The molecule has 7 heteroatoms. The van der Waals surface area contributed by atoms with E-state index < -0.39 is 17.7 Å². The van der Waals surface area contributed by atoms with Crippen molar-refractivity contribution < 1.29 is 19.6 Å². The molecule has 138 valence electrons. The average molecular weight is 349 g/mol. The number of hydrogen-bond donors (Lipinski definition) is 4. The summed E-state index contributed by atoms with van der Waals surface area (Å²) in [6.45, 7) is 4.55. The van der Waals surface area contributed by atoms with E-state index in [-0.39, 0.29) is 18.9 Å². The molecule has 0 saturated carbocycles. The largest absolute Gasteiger partial charge is 0.355 e. The van der Waals surface area contributed by atoms with Crippen molar-refractivity contribution in [1.29, 1.82) is 0 Å². The molecule has 1 aromatic carbocycles. The number of hydrogen-bond acceptors (Lipinski definition) is 4. The smallest absolute Gasteiger partial charge is 0.244 e. The van der Waals surface area contributed by atoms with E-state index in [0.717, 1.165) is 12.0 Å². The van der Waals surface area contributed by atoms with Crippen LogP contribution >= 0.6 is 0 Å². The monoisotopic (exact) mass is 349 g/mol. The third kappa shape index (κ3) is 8.85. The minimum Gasteiger partial charge on any atom is -0.355 e. The molecule has 0 saturated heterocycles. The molecule has 0 aromatic heterocycles. The molecule has 1 aromatic rings. The maximum absolute atomic E-state index is 12.3. The van der Waals surface area contributed by atoms with Gasteiger partial charge in [0.25, 0.3) is 0 Å². The van der Waals surface area contributed by atoms with Gasteiger partial charge in [-0.2, -0.15) is 0 Å². The van der Waals surface area contributed by atoms with Gasteiger partial charge in [-0.3, -0.25) is 19.6 Å². The van der Waals surface area contributed by atoms with E-state index in [4.69, 9.17) is 5.21 Å². The van der Waals surface area contributed by atoms with Crippen molar-refractivity contribution in [3.63, 3.8) is 0 Å². The number of hydroxylamine groups is 1. The average Bonchev–Trinajstić information content (AvgIpc) is 2.59. The van der Waals surface area contributed by atoms with Crippen LogP contribution in [0.25, 0.3) is 0 Å². The van der Waals surface area contributed by atoms with E-state index in [1.807, 2.05) is 30.3 Å². The Morgan fingerprint density at radius 2 is 1.72 bits per heavy atom. The highest BCUT2D eigenvalue weighted by molar-refractivity contribution is 5.88. The minimum absolute atomic E-state index is 0.136. The van der Waals surface area contributed by atoms with Gasteiger partial charge in [0, 0.05) is 13.0 Å². The summed E-state index contributed by atoms with van der Waals surface area (Å²) in [5.41, 5.74) is 2.44. The Balaban J connectivity index is 2.54. The predicted molar refractivity (Wildman–Crippen MR) is 93.7 cm³/mol. The highest BCUT2D eigenvalue weighted by Crippen LogP contribution is 2.13. The van der Waals surface area contributed by atoms with E-state index in [0.29, 0.717) is 18.9 Å². The standard InChI is InChI=1S/C18H27N3O4/c1-13(2)8-9-19-17(23)12-20-18(24)15(11-16(22)21-25)10-14-6-4-3-5-7-14/h3-7,13,15,25H,8-12H2,1-2H3,(H,19,23)(H,20,24)(H,21,22). The Labute approximate surface area is 148 Å². The Bertz CT molecular complexity index is 561. The second kappa shape index (κ2) is 11.2. The second-order valence-corrected chi connectivity index (χ2v) is 6.38. The first-order valence-electron chi connectivity index (χ1n) is 8.43. The van der Waals surface area contributed by atoms with Crippen molar-refractivity contribution in [2.45, 2.75) is 33.1 Å². The van der Waals surface area contributed by atoms with Crippen molar-refractivity contribution in [3.05, 3.63) is 35.9 Å². The van der Waals surface area contributed by atoms with Crippen molar-refractivity contribution >= 4 is 17.7 Å². The van der Waals surface area contributed by atoms with Gasteiger partial charge < -0.3 is 10.6 Å². The predicted octanol–water partition coefficient (Wildman–Crippen LogP) is 1.02. The molecule has 0 fully saturated rings. The Hall–Kier alpha value is -2.41. The summed E-state index contributed by atoms with van der Waals surface area (Å²) in [6, 6.07) is 9.27. The summed E-state index contributed by atoms with van der Waals surface area (Å²) in [5.74, 6) is -1.48. The summed E-state index contributed by atoms with van der Waals surface area (Å²) in [4.78, 5) is 35.5. The zero-order valence-electron chi connectivity index (χ0n) is 14.7. The molecular formula is C18H27N3O4. The van der Waals surface area contributed by atoms with Crippen molar-refractivity contribution in [3.8, 4) is 0 Å². The summed E-state index contributed by atoms with van der Waals surface area (Å²) < 4.78 is 0. The third-order valence-corrected chi connectivity index (χ3v) is 3.72. The summed E-state index contributed by atoms with van der Waals surface area (Å²) >= 11 is 0. The van der Waals surface area contributed by atoms with Gasteiger partial charge in [-0.25, -0.2) is 5.48 Å². The molecule has 25 heavy (non-hydrogen) atoms. The third-order valence-electron chi connectivity index (χ3n) is 3.72. The topological polar surface area (TPSA) is 108 Å². The molecule has 0 spiro atoms. The van der Waals surface area contributed by atoms with Crippen LogP contribution in [0.5, 0.6) is 0 Å².